The van der Waals surface area contributed by atoms with E-state index in [1.165, 1.54) is 12.5 Å². The van der Waals surface area contributed by atoms with Crippen LogP contribution in [-0.4, -0.2) is 74.6 Å². The average Bonchev–Trinajstić information content (AvgIpc) is 3.21. The lowest BCUT2D eigenvalue weighted by atomic mass is 10.0. The van der Waals surface area contributed by atoms with Gasteiger partial charge in [0.15, 0.2) is 0 Å². The summed E-state index contributed by atoms with van der Waals surface area (Å²) in [6.07, 6.45) is 2.52. The maximum Gasteiger partial charge on any atom is 0.326 e. The Balaban J connectivity index is 2.78. The van der Waals surface area contributed by atoms with Crippen molar-refractivity contribution in [1.82, 2.24) is 25.9 Å². The summed E-state index contributed by atoms with van der Waals surface area (Å²) in [4.78, 5) is 66.5. The lowest BCUT2D eigenvalue weighted by Gasteiger charge is -2.26. The molecule has 9 N–H and O–H groups in total. The van der Waals surface area contributed by atoms with Crippen molar-refractivity contribution in [2.24, 2.45) is 17.4 Å². The number of rotatable bonds is 13. The summed E-state index contributed by atoms with van der Waals surface area (Å²) in [5, 5.41) is 16.3. The number of amides is 4. The van der Waals surface area contributed by atoms with Crippen LogP contribution in [0.25, 0.3) is 0 Å². The molecule has 0 aliphatic heterocycles. The number of aromatic nitrogens is 2. The predicted octanol–water partition coefficient (Wildman–Crippen LogP) is -2.72. The van der Waals surface area contributed by atoms with E-state index in [2.05, 4.69) is 38.5 Å². The Morgan fingerprint density at radius 2 is 1.72 bits per heavy atom. The second-order valence-corrected chi connectivity index (χ2v) is 7.80. The number of primary amides is 1. The smallest absolute Gasteiger partial charge is 0.326 e. The fourth-order valence-electron chi connectivity index (χ4n) is 2.65. The van der Waals surface area contributed by atoms with Crippen LogP contribution in [0, 0.1) is 5.92 Å². The van der Waals surface area contributed by atoms with Gasteiger partial charge < -0.3 is 37.5 Å². The molecule has 0 saturated carbocycles. The molecule has 14 heteroatoms. The fraction of sp³-hybridized carbons (Fsp3) is 0.556. The van der Waals surface area contributed by atoms with Crippen molar-refractivity contribution in [3.05, 3.63) is 18.2 Å². The maximum atomic E-state index is 12.7. The second-order valence-electron chi connectivity index (χ2n) is 7.43. The summed E-state index contributed by atoms with van der Waals surface area (Å²) in [5.41, 5.74) is 11.5. The molecule has 1 aromatic heterocycles. The van der Waals surface area contributed by atoms with Gasteiger partial charge in [-0.1, -0.05) is 13.8 Å². The highest BCUT2D eigenvalue weighted by molar-refractivity contribution is 7.80. The van der Waals surface area contributed by atoms with Crippen LogP contribution in [0.5, 0.6) is 0 Å². The standard InChI is InChI=1S/C18H29N7O6S/c1-8(2)14(17(29)23-11(18(30)31)4-13(20)26)25-16(28)12(6-32)24-15(27)10(19)3-9-5-21-7-22-9/h5,7-8,10-12,14,32H,3-4,6,19H2,1-2H3,(H2,20,26)(H,21,22)(H,23,29)(H,24,27)(H,25,28)(H,30,31). The van der Waals surface area contributed by atoms with Gasteiger partial charge in [0.2, 0.25) is 23.6 Å². The summed E-state index contributed by atoms with van der Waals surface area (Å²) in [6, 6.07) is -4.75. The van der Waals surface area contributed by atoms with E-state index in [-0.39, 0.29) is 12.2 Å². The van der Waals surface area contributed by atoms with Crippen LogP contribution in [0.1, 0.15) is 26.0 Å². The zero-order valence-electron chi connectivity index (χ0n) is 17.7. The molecular formula is C18H29N7O6S. The molecule has 0 bridgehead atoms. The number of carbonyl (C=O) groups is 5. The topological polar surface area (TPSA) is 222 Å². The maximum absolute atomic E-state index is 12.7. The van der Waals surface area contributed by atoms with Gasteiger partial charge in [-0.25, -0.2) is 9.78 Å². The number of aromatic amines is 1. The summed E-state index contributed by atoms with van der Waals surface area (Å²) in [6.45, 7) is 3.26. The first-order chi connectivity index (χ1) is 15.0. The first kappa shape index (κ1) is 26.9. The lowest BCUT2D eigenvalue weighted by Crippen LogP contribution is -2.59. The summed E-state index contributed by atoms with van der Waals surface area (Å²) in [5.74, 6) is -5.02. The Morgan fingerprint density at radius 1 is 1.09 bits per heavy atom. The summed E-state index contributed by atoms with van der Waals surface area (Å²) >= 11 is 4.07. The predicted molar refractivity (Wildman–Crippen MR) is 116 cm³/mol. The molecule has 0 aliphatic carbocycles. The zero-order chi connectivity index (χ0) is 24.4. The molecule has 178 valence electrons. The largest absolute Gasteiger partial charge is 0.480 e. The Labute approximate surface area is 189 Å². The van der Waals surface area contributed by atoms with Crippen LogP contribution in [0.15, 0.2) is 12.5 Å². The van der Waals surface area contributed by atoms with Crippen molar-refractivity contribution in [1.29, 1.82) is 0 Å². The van der Waals surface area contributed by atoms with Crippen molar-refractivity contribution in [2.75, 3.05) is 5.75 Å². The van der Waals surface area contributed by atoms with E-state index < -0.39 is 66.1 Å². The van der Waals surface area contributed by atoms with Crippen LogP contribution in [0.4, 0.5) is 0 Å². The van der Waals surface area contributed by atoms with Crippen molar-refractivity contribution in [3.8, 4) is 0 Å². The number of thiol groups is 1. The number of H-pyrrole nitrogens is 1. The molecule has 0 fully saturated rings. The lowest BCUT2D eigenvalue weighted by molar-refractivity contribution is -0.144. The van der Waals surface area contributed by atoms with Gasteiger partial charge in [0, 0.05) is 24.1 Å². The number of nitrogens with one attached hydrogen (secondary N) is 4. The molecule has 0 aromatic carbocycles. The number of nitrogens with two attached hydrogens (primary N) is 2. The first-order valence-electron chi connectivity index (χ1n) is 9.72. The number of aliphatic carboxylic acids is 1. The molecule has 4 atom stereocenters. The number of carboxylic acid groups (broad SMARTS) is 1. The van der Waals surface area contributed by atoms with Gasteiger partial charge in [-0.3, -0.25) is 19.2 Å². The third-order valence-corrected chi connectivity index (χ3v) is 4.78. The van der Waals surface area contributed by atoms with Gasteiger partial charge in [-0.15, -0.1) is 0 Å². The van der Waals surface area contributed by atoms with Gasteiger partial charge in [-0.2, -0.15) is 12.6 Å². The van der Waals surface area contributed by atoms with E-state index in [0.29, 0.717) is 5.69 Å². The molecule has 0 radical (unpaired) electrons. The Bertz CT molecular complexity index is 817. The van der Waals surface area contributed by atoms with Crippen LogP contribution in [-0.2, 0) is 30.4 Å². The highest BCUT2D eigenvalue weighted by atomic mass is 32.1. The minimum atomic E-state index is -1.54. The van der Waals surface area contributed by atoms with Gasteiger partial charge >= 0.3 is 5.97 Å². The third-order valence-electron chi connectivity index (χ3n) is 4.41. The third kappa shape index (κ3) is 8.55. The fourth-order valence-corrected chi connectivity index (χ4v) is 2.91. The highest BCUT2D eigenvalue weighted by Gasteiger charge is 2.32. The van der Waals surface area contributed by atoms with Crippen LogP contribution < -0.4 is 27.4 Å². The quantitative estimate of drug-likeness (QED) is 0.141. The number of hydrogen-bond donors (Lipinski definition) is 8. The molecule has 1 heterocycles. The zero-order valence-corrected chi connectivity index (χ0v) is 18.6. The summed E-state index contributed by atoms with van der Waals surface area (Å²) < 4.78 is 0. The number of carboxylic acids is 1. The molecule has 4 unspecified atom stereocenters. The number of hydrogen-bond acceptors (Lipinski definition) is 8. The van der Waals surface area contributed by atoms with E-state index in [1.807, 2.05) is 0 Å². The van der Waals surface area contributed by atoms with Gasteiger partial charge in [0.25, 0.3) is 0 Å². The first-order valence-corrected chi connectivity index (χ1v) is 10.3. The van der Waals surface area contributed by atoms with Crippen molar-refractivity contribution in [2.45, 2.75) is 50.9 Å². The van der Waals surface area contributed by atoms with Gasteiger partial charge in [0.1, 0.15) is 18.1 Å². The Morgan fingerprint density at radius 3 is 2.19 bits per heavy atom. The molecule has 0 spiro atoms. The average molecular weight is 472 g/mol. The van der Waals surface area contributed by atoms with E-state index >= 15 is 0 Å². The van der Waals surface area contributed by atoms with Gasteiger partial charge in [0.05, 0.1) is 18.8 Å². The molecule has 32 heavy (non-hydrogen) atoms. The molecule has 0 saturated heterocycles. The van der Waals surface area contributed by atoms with E-state index in [0.717, 1.165) is 0 Å². The summed E-state index contributed by atoms with van der Waals surface area (Å²) in [7, 11) is 0. The molecule has 1 aromatic rings. The molecule has 4 amide bonds. The van der Waals surface area contributed by atoms with E-state index in [4.69, 9.17) is 16.6 Å². The van der Waals surface area contributed by atoms with Crippen molar-refractivity contribution >= 4 is 42.2 Å². The minimum Gasteiger partial charge on any atom is -0.480 e. The molecule has 0 aliphatic rings. The highest BCUT2D eigenvalue weighted by Crippen LogP contribution is 2.05. The minimum absolute atomic E-state index is 0.0831. The molecular weight excluding hydrogens is 442 g/mol. The van der Waals surface area contributed by atoms with Gasteiger partial charge in [-0.05, 0) is 5.92 Å². The van der Waals surface area contributed by atoms with Crippen LogP contribution in [0.2, 0.25) is 0 Å². The van der Waals surface area contributed by atoms with E-state index in [1.54, 1.807) is 13.8 Å². The molecule has 13 nitrogen and oxygen atoms in total. The number of nitrogens with zero attached hydrogens (tertiary/aromatic N) is 1. The monoisotopic (exact) mass is 471 g/mol. The second kappa shape index (κ2) is 12.7. The van der Waals surface area contributed by atoms with Crippen LogP contribution in [0.3, 0.4) is 0 Å². The normalized spacial score (nSPS) is 14.7. The van der Waals surface area contributed by atoms with Crippen molar-refractivity contribution < 1.29 is 29.1 Å². The van der Waals surface area contributed by atoms with E-state index in [9.17, 15) is 24.0 Å². The Kier molecular flexibility index (Phi) is 10.6. The van der Waals surface area contributed by atoms with Crippen LogP contribution >= 0.6 is 12.6 Å². The number of carbonyl (C=O) groups excluding carboxylic acids is 4. The number of imidazole rings is 1. The Hall–Kier alpha value is -3.13. The van der Waals surface area contributed by atoms with Crippen molar-refractivity contribution in [3.63, 3.8) is 0 Å². The molecule has 1 rings (SSSR count). The SMILES string of the molecule is CC(C)C(NC(=O)C(CS)NC(=O)C(N)Cc1cnc[nH]1)C(=O)NC(CC(N)=O)C(=O)O.